The zero-order chi connectivity index (χ0) is 26.8. The lowest BCUT2D eigenvalue weighted by atomic mass is 9.77. The minimum Gasteiger partial charge on any atom is -0.465 e. The van der Waals surface area contributed by atoms with E-state index >= 15 is 0 Å². The number of aromatic nitrogens is 2. The van der Waals surface area contributed by atoms with E-state index in [9.17, 15) is 4.79 Å². The number of piperidine rings is 1. The summed E-state index contributed by atoms with van der Waals surface area (Å²) >= 11 is 18.2. The fraction of sp³-hybridized carbons (Fsp3) is 0.393. The molecule has 2 bridgehead atoms. The van der Waals surface area contributed by atoms with Crippen LogP contribution in [0.5, 0.6) is 0 Å². The average molecular weight is 648 g/mol. The molecule has 2 saturated heterocycles. The van der Waals surface area contributed by atoms with Crippen molar-refractivity contribution in [2.24, 2.45) is 0 Å². The number of hydrogen-bond donors (Lipinski definition) is 1. The van der Waals surface area contributed by atoms with E-state index in [1.165, 1.54) is 13.5 Å². The predicted molar refractivity (Wildman–Crippen MR) is 157 cm³/mol. The van der Waals surface area contributed by atoms with E-state index in [-0.39, 0.29) is 5.97 Å². The molecule has 8 rings (SSSR count). The number of nitrogens with zero attached hydrogens (tertiary/aromatic N) is 3. The summed E-state index contributed by atoms with van der Waals surface area (Å²) in [6, 6.07) is 10.6. The van der Waals surface area contributed by atoms with Gasteiger partial charge in [-0.05, 0) is 72.3 Å². The van der Waals surface area contributed by atoms with Crippen LogP contribution in [0.3, 0.4) is 0 Å². The molecule has 0 amide bonds. The van der Waals surface area contributed by atoms with Gasteiger partial charge in [-0.1, -0.05) is 45.8 Å². The fourth-order valence-corrected chi connectivity index (χ4v) is 8.19. The Morgan fingerprint density at radius 1 is 1.21 bits per heavy atom. The monoisotopic (exact) mass is 646 g/mol. The molecule has 2 aromatic carbocycles. The molecule has 4 fully saturated rings. The Hall–Kier alpha value is -2.17. The number of halogens is 3. The topological polar surface area (TPSA) is 80.5 Å². The lowest BCUT2D eigenvalue weighted by Crippen LogP contribution is -2.64. The van der Waals surface area contributed by atoms with Crippen molar-refractivity contribution in [3.8, 4) is 11.3 Å². The van der Waals surface area contributed by atoms with Crippen LogP contribution >= 0.6 is 50.5 Å². The van der Waals surface area contributed by atoms with Crippen molar-refractivity contribution in [3.05, 3.63) is 61.7 Å². The molecule has 4 heterocycles. The number of fused-ring (bicyclic) bond motifs is 3. The standard InChI is InChI=1S/C28H25BrCl2N4O3S/c1-37-27(36)17-10-23-22(11-19(17)29)33-28(39-23)35-15-7-14(8-16(35)9-15)32-12-18-25(34-38-26(18)13-5-6-13)24-20(30)3-2-4-21(24)31/h2-4,10-11,13-16,32H,5-9,12H2,1H3. The van der Waals surface area contributed by atoms with E-state index in [0.717, 1.165) is 63.6 Å². The highest BCUT2D eigenvalue weighted by atomic mass is 79.9. The van der Waals surface area contributed by atoms with Gasteiger partial charge in [-0.2, -0.15) is 0 Å². The number of carbonyl (C=O) groups is 1. The van der Waals surface area contributed by atoms with Crippen LogP contribution in [0.2, 0.25) is 10.0 Å². The van der Waals surface area contributed by atoms with E-state index in [1.54, 1.807) is 11.3 Å². The number of esters is 1. The summed E-state index contributed by atoms with van der Waals surface area (Å²) in [7, 11) is 1.39. The van der Waals surface area contributed by atoms with Crippen molar-refractivity contribution >= 4 is 71.8 Å². The molecule has 1 N–H and O–H groups in total. The fourth-order valence-electron chi connectivity index (χ4n) is 5.99. The first-order valence-corrected chi connectivity index (χ1v) is 15.4. The van der Waals surface area contributed by atoms with Crippen molar-refractivity contribution in [3.63, 3.8) is 0 Å². The molecule has 2 aromatic heterocycles. The molecule has 4 aromatic rings. The maximum absolute atomic E-state index is 12.1. The summed E-state index contributed by atoms with van der Waals surface area (Å²) in [6.45, 7) is 0.668. The molecule has 4 aliphatic rings. The Labute approximate surface area is 247 Å². The number of hydrogen-bond acceptors (Lipinski definition) is 8. The Morgan fingerprint density at radius 2 is 1.95 bits per heavy atom. The second kappa shape index (κ2) is 10.0. The summed E-state index contributed by atoms with van der Waals surface area (Å²) < 4.78 is 12.4. The Bertz CT molecular complexity index is 1570. The largest absolute Gasteiger partial charge is 0.465 e. The third-order valence-corrected chi connectivity index (χ3v) is 10.4. The van der Waals surface area contributed by atoms with Crippen molar-refractivity contribution in [2.45, 2.75) is 62.7 Å². The van der Waals surface area contributed by atoms with Crippen LogP contribution in [0.1, 0.15) is 59.7 Å². The quantitative estimate of drug-likeness (QED) is 0.207. The van der Waals surface area contributed by atoms with Crippen LogP contribution < -0.4 is 10.2 Å². The lowest BCUT2D eigenvalue weighted by molar-refractivity contribution is 0.0600. The van der Waals surface area contributed by atoms with Crippen LogP contribution in [0.15, 0.2) is 39.3 Å². The molecule has 0 radical (unpaired) electrons. The van der Waals surface area contributed by atoms with Gasteiger partial charge in [0.15, 0.2) is 5.13 Å². The molecule has 202 valence electrons. The summed E-state index contributed by atoms with van der Waals surface area (Å²) in [4.78, 5) is 19.5. The molecular weight excluding hydrogens is 623 g/mol. The summed E-state index contributed by atoms with van der Waals surface area (Å²) in [5.74, 6) is 1.03. The summed E-state index contributed by atoms with van der Waals surface area (Å²) in [6.07, 6.45) is 5.50. The molecule has 0 spiro atoms. The number of methoxy groups -OCH3 is 1. The average Bonchev–Trinajstić information content (AvgIpc) is 3.56. The van der Waals surface area contributed by atoms with Crippen molar-refractivity contribution in [1.82, 2.24) is 15.5 Å². The van der Waals surface area contributed by atoms with Crippen LogP contribution in [-0.2, 0) is 11.3 Å². The van der Waals surface area contributed by atoms with Gasteiger partial charge < -0.3 is 19.5 Å². The van der Waals surface area contributed by atoms with Gasteiger partial charge in [0.2, 0.25) is 0 Å². The van der Waals surface area contributed by atoms with Gasteiger partial charge in [0.05, 0.1) is 32.9 Å². The number of ether oxygens (including phenoxy) is 1. The Balaban J connectivity index is 1.08. The minimum absolute atomic E-state index is 0.355. The molecule has 2 aliphatic heterocycles. The molecule has 2 saturated carbocycles. The molecular formula is C28H25BrCl2N4O3S. The molecule has 2 aliphatic carbocycles. The van der Waals surface area contributed by atoms with Gasteiger partial charge in [-0.25, -0.2) is 9.78 Å². The SMILES string of the molecule is COC(=O)c1cc2sc(N3C4CC(NCc5c(-c6c(Cl)cccc6Cl)noc5C5CC5)CC3C4)nc2cc1Br. The molecule has 2 atom stereocenters. The van der Waals surface area contributed by atoms with Gasteiger partial charge in [0.1, 0.15) is 11.5 Å². The maximum atomic E-state index is 12.1. The van der Waals surface area contributed by atoms with Crippen LogP contribution in [-0.4, -0.2) is 41.3 Å². The first-order valence-electron chi connectivity index (χ1n) is 13.0. The summed E-state index contributed by atoms with van der Waals surface area (Å²) in [5, 5.41) is 10.4. The number of rotatable bonds is 7. The zero-order valence-corrected chi connectivity index (χ0v) is 25.0. The van der Waals surface area contributed by atoms with Crippen LogP contribution in [0, 0.1) is 0 Å². The third-order valence-electron chi connectivity index (χ3n) is 8.07. The second-order valence-electron chi connectivity index (χ2n) is 10.5. The zero-order valence-electron chi connectivity index (χ0n) is 21.0. The van der Waals surface area contributed by atoms with E-state index in [0.29, 0.717) is 50.7 Å². The molecule has 11 heteroatoms. The van der Waals surface area contributed by atoms with Gasteiger partial charge in [0.25, 0.3) is 0 Å². The van der Waals surface area contributed by atoms with Gasteiger partial charge in [-0.15, -0.1) is 0 Å². The Kier molecular flexibility index (Phi) is 6.63. The van der Waals surface area contributed by atoms with Crippen LogP contribution in [0.25, 0.3) is 21.5 Å². The van der Waals surface area contributed by atoms with Crippen molar-refractivity contribution < 1.29 is 14.1 Å². The number of anilines is 1. The smallest absolute Gasteiger partial charge is 0.339 e. The molecule has 7 nitrogen and oxygen atoms in total. The normalized spacial score (nSPS) is 22.3. The number of thiazole rings is 1. The number of nitrogens with one attached hydrogen (secondary N) is 1. The van der Waals surface area contributed by atoms with E-state index < -0.39 is 0 Å². The highest BCUT2D eigenvalue weighted by Crippen LogP contribution is 2.47. The third kappa shape index (κ3) is 4.56. The first kappa shape index (κ1) is 25.8. The maximum Gasteiger partial charge on any atom is 0.339 e. The second-order valence-corrected chi connectivity index (χ2v) is 13.2. The Morgan fingerprint density at radius 3 is 2.64 bits per heavy atom. The van der Waals surface area contributed by atoms with E-state index in [2.05, 4.69) is 31.3 Å². The molecule has 2 unspecified atom stereocenters. The van der Waals surface area contributed by atoms with Gasteiger partial charge in [0, 0.05) is 46.2 Å². The summed E-state index contributed by atoms with van der Waals surface area (Å²) in [5.41, 5.74) is 3.96. The van der Waals surface area contributed by atoms with Crippen LogP contribution in [0.4, 0.5) is 5.13 Å². The van der Waals surface area contributed by atoms with Gasteiger partial charge in [-0.3, -0.25) is 0 Å². The van der Waals surface area contributed by atoms with Crippen molar-refractivity contribution in [1.29, 1.82) is 0 Å². The van der Waals surface area contributed by atoms with Crippen molar-refractivity contribution in [2.75, 3.05) is 12.0 Å². The minimum atomic E-state index is -0.355. The lowest BCUT2D eigenvalue weighted by Gasteiger charge is -2.55. The highest BCUT2D eigenvalue weighted by molar-refractivity contribution is 9.10. The predicted octanol–water partition coefficient (Wildman–Crippen LogP) is 7.58. The molecule has 39 heavy (non-hydrogen) atoms. The number of carbonyl (C=O) groups excluding carboxylic acids is 1. The number of benzene rings is 2. The first-order chi connectivity index (χ1) is 18.9. The van der Waals surface area contributed by atoms with E-state index in [4.69, 9.17) is 37.4 Å². The highest BCUT2D eigenvalue weighted by Gasteiger charge is 2.46. The van der Waals surface area contributed by atoms with E-state index in [1.807, 2.05) is 30.3 Å². The van der Waals surface area contributed by atoms with Gasteiger partial charge >= 0.3 is 5.97 Å².